The number of nitrogens with zero attached hydrogens (tertiary/aromatic N) is 2. The molecule has 3 aromatic carbocycles. The zero-order valence-electron chi connectivity index (χ0n) is 19.9. The van der Waals surface area contributed by atoms with Crippen molar-refractivity contribution in [3.05, 3.63) is 102 Å². The number of carbonyl (C=O) groups excluding carboxylic acids is 1. The number of nitrogens with one attached hydrogen (secondary N) is 1. The van der Waals surface area contributed by atoms with Crippen LogP contribution in [0.4, 0.5) is 0 Å². The van der Waals surface area contributed by atoms with Crippen LogP contribution in [0, 0.1) is 5.92 Å². The van der Waals surface area contributed by atoms with Gasteiger partial charge in [-0.25, -0.2) is 0 Å². The maximum absolute atomic E-state index is 13.8. The van der Waals surface area contributed by atoms with E-state index in [1.54, 1.807) is 11.8 Å². The first-order valence-corrected chi connectivity index (χ1v) is 11.7. The van der Waals surface area contributed by atoms with Crippen LogP contribution in [0.2, 0.25) is 0 Å². The van der Waals surface area contributed by atoms with Crippen molar-refractivity contribution in [1.82, 2.24) is 15.1 Å². The third-order valence-electron chi connectivity index (χ3n) is 5.85. The molecule has 0 saturated carbocycles. The van der Waals surface area contributed by atoms with E-state index < -0.39 is 0 Å². The van der Waals surface area contributed by atoms with Gasteiger partial charge in [0, 0.05) is 5.56 Å². The summed E-state index contributed by atoms with van der Waals surface area (Å²) in [6.45, 7) is 4.40. The Bertz CT molecular complexity index is 1200. The van der Waals surface area contributed by atoms with Crippen molar-refractivity contribution in [3.8, 4) is 22.8 Å². The molecular formula is C29H31N3O2. The molecule has 174 valence electrons. The number of amides is 1. The van der Waals surface area contributed by atoms with Crippen LogP contribution < -0.4 is 10.1 Å². The van der Waals surface area contributed by atoms with Crippen LogP contribution in [0.3, 0.4) is 0 Å². The van der Waals surface area contributed by atoms with Crippen LogP contribution in [0.5, 0.6) is 5.88 Å². The van der Waals surface area contributed by atoms with E-state index in [1.807, 2.05) is 78.9 Å². The largest absolute Gasteiger partial charge is 0.480 e. The summed E-state index contributed by atoms with van der Waals surface area (Å²) in [5.41, 5.74) is 3.80. The van der Waals surface area contributed by atoms with Gasteiger partial charge in [0.1, 0.15) is 11.3 Å². The van der Waals surface area contributed by atoms with E-state index in [9.17, 15) is 4.79 Å². The predicted octanol–water partition coefficient (Wildman–Crippen LogP) is 6.46. The van der Waals surface area contributed by atoms with Gasteiger partial charge >= 0.3 is 0 Å². The minimum absolute atomic E-state index is 0.107. The van der Waals surface area contributed by atoms with Gasteiger partial charge < -0.3 is 10.1 Å². The lowest BCUT2D eigenvalue weighted by Gasteiger charge is -2.20. The molecule has 0 aliphatic heterocycles. The molecule has 0 saturated heterocycles. The molecule has 1 aromatic heterocycles. The van der Waals surface area contributed by atoms with Gasteiger partial charge in [-0.3, -0.25) is 4.79 Å². The summed E-state index contributed by atoms with van der Waals surface area (Å²) in [5.74, 6) is 0.757. The van der Waals surface area contributed by atoms with E-state index in [4.69, 9.17) is 9.84 Å². The molecule has 1 unspecified atom stereocenters. The van der Waals surface area contributed by atoms with Gasteiger partial charge in [-0.2, -0.15) is 9.78 Å². The van der Waals surface area contributed by atoms with Crippen molar-refractivity contribution in [2.24, 2.45) is 5.92 Å². The number of hydrogen-bond donors (Lipinski definition) is 1. The van der Waals surface area contributed by atoms with E-state index >= 15 is 0 Å². The summed E-state index contributed by atoms with van der Waals surface area (Å²) in [6, 6.07) is 29.5. The number of aromatic nitrogens is 2. The zero-order valence-corrected chi connectivity index (χ0v) is 19.9. The van der Waals surface area contributed by atoms with Gasteiger partial charge in [0.15, 0.2) is 0 Å². The van der Waals surface area contributed by atoms with Crippen LogP contribution in [-0.2, 0) is 0 Å². The number of hydrogen-bond acceptors (Lipinski definition) is 3. The van der Waals surface area contributed by atoms with Gasteiger partial charge in [0.05, 0.1) is 18.8 Å². The van der Waals surface area contributed by atoms with Crippen molar-refractivity contribution in [3.63, 3.8) is 0 Å². The van der Waals surface area contributed by atoms with Gasteiger partial charge in [0.2, 0.25) is 5.88 Å². The number of methoxy groups -OCH3 is 1. The third kappa shape index (κ3) is 5.20. The van der Waals surface area contributed by atoms with Crippen molar-refractivity contribution < 1.29 is 9.53 Å². The predicted molar refractivity (Wildman–Crippen MR) is 136 cm³/mol. The first-order valence-electron chi connectivity index (χ1n) is 11.7. The molecule has 0 bridgehead atoms. The van der Waals surface area contributed by atoms with Crippen molar-refractivity contribution in [1.29, 1.82) is 0 Å². The van der Waals surface area contributed by atoms with E-state index in [-0.39, 0.29) is 11.9 Å². The van der Waals surface area contributed by atoms with E-state index in [2.05, 4.69) is 31.3 Å². The van der Waals surface area contributed by atoms with Crippen molar-refractivity contribution >= 4 is 5.91 Å². The fourth-order valence-corrected chi connectivity index (χ4v) is 4.08. The average molecular weight is 454 g/mol. The number of rotatable bonds is 9. The summed E-state index contributed by atoms with van der Waals surface area (Å²) in [4.78, 5) is 13.8. The molecule has 1 atom stereocenters. The van der Waals surface area contributed by atoms with E-state index in [0.717, 1.165) is 29.7 Å². The van der Waals surface area contributed by atoms with Crippen LogP contribution >= 0.6 is 0 Å². The molecule has 4 rings (SSSR count). The molecule has 0 aliphatic rings. The second-order valence-corrected chi connectivity index (χ2v) is 8.75. The van der Waals surface area contributed by atoms with Crippen LogP contribution in [0.1, 0.15) is 48.7 Å². The minimum Gasteiger partial charge on any atom is -0.480 e. The zero-order chi connectivity index (χ0) is 23.9. The summed E-state index contributed by atoms with van der Waals surface area (Å²) in [5, 5.41) is 8.11. The standard InChI is InChI=1S/C29H31N3O2/c1-21(2)19-20-25(22-13-7-4-8-14-22)30-28(33)26-27(23-15-9-5-10-16-23)31-32(29(26)34-3)24-17-11-6-12-18-24/h4-18,21,25H,19-20H2,1-3H3,(H,30,33). The lowest BCUT2D eigenvalue weighted by Crippen LogP contribution is -2.29. The normalized spacial score (nSPS) is 11.9. The van der Waals surface area contributed by atoms with Gasteiger partial charge in [0.25, 0.3) is 5.91 Å². The molecule has 5 nitrogen and oxygen atoms in total. The van der Waals surface area contributed by atoms with Gasteiger partial charge in [-0.05, 0) is 36.5 Å². The highest BCUT2D eigenvalue weighted by molar-refractivity contribution is 6.02. The first-order chi connectivity index (χ1) is 16.6. The summed E-state index contributed by atoms with van der Waals surface area (Å²) in [6.07, 6.45) is 1.86. The number of carbonyl (C=O) groups is 1. The summed E-state index contributed by atoms with van der Waals surface area (Å²) >= 11 is 0. The van der Waals surface area contributed by atoms with E-state index in [0.29, 0.717) is 23.1 Å². The maximum Gasteiger partial charge on any atom is 0.259 e. The quantitative estimate of drug-likeness (QED) is 0.317. The van der Waals surface area contributed by atoms with Crippen molar-refractivity contribution in [2.45, 2.75) is 32.7 Å². The smallest absolute Gasteiger partial charge is 0.259 e. The fraction of sp³-hybridized carbons (Fsp3) is 0.241. The third-order valence-corrected chi connectivity index (χ3v) is 5.85. The summed E-state index contributed by atoms with van der Waals surface area (Å²) in [7, 11) is 1.58. The Morgan fingerprint density at radius 2 is 1.47 bits per heavy atom. The highest BCUT2D eigenvalue weighted by Gasteiger charge is 2.28. The number of para-hydroxylation sites is 1. The maximum atomic E-state index is 13.8. The van der Waals surface area contributed by atoms with E-state index in [1.165, 1.54) is 0 Å². The monoisotopic (exact) mass is 453 g/mol. The molecule has 1 heterocycles. The Morgan fingerprint density at radius 1 is 0.882 bits per heavy atom. The summed E-state index contributed by atoms with van der Waals surface area (Å²) < 4.78 is 7.48. The van der Waals surface area contributed by atoms with Crippen LogP contribution in [-0.4, -0.2) is 22.8 Å². The molecule has 1 N–H and O–H groups in total. The Balaban J connectivity index is 1.78. The first kappa shape index (κ1) is 23.3. The van der Waals surface area contributed by atoms with Crippen LogP contribution in [0.15, 0.2) is 91.0 Å². The van der Waals surface area contributed by atoms with Gasteiger partial charge in [-0.15, -0.1) is 0 Å². The molecule has 4 aromatic rings. The SMILES string of the molecule is COc1c(C(=O)NC(CCC(C)C)c2ccccc2)c(-c2ccccc2)nn1-c1ccccc1. The molecule has 5 heteroatoms. The molecule has 0 fully saturated rings. The molecule has 0 aliphatic carbocycles. The minimum atomic E-state index is -0.199. The molecule has 0 radical (unpaired) electrons. The molecule has 1 amide bonds. The average Bonchev–Trinajstić information content (AvgIpc) is 3.28. The number of benzene rings is 3. The van der Waals surface area contributed by atoms with Crippen molar-refractivity contribution in [2.75, 3.05) is 7.11 Å². The topological polar surface area (TPSA) is 56.1 Å². The number of ether oxygens (including phenoxy) is 1. The molecule has 0 spiro atoms. The fourth-order valence-electron chi connectivity index (χ4n) is 4.08. The second-order valence-electron chi connectivity index (χ2n) is 8.75. The second kappa shape index (κ2) is 10.8. The lowest BCUT2D eigenvalue weighted by molar-refractivity contribution is 0.0930. The Hall–Kier alpha value is -3.86. The molecule has 34 heavy (non-hydrogen) atoms. The Kier molecular flexibility index (Phi) is 7.43. The molecular weight excluding hydrogens is 422 g/mol. The highest BCUT2D eigenvalue weighted by atomic mass is 16.5. The highest BCUT2D eigenvalue weighted by Crippen LogP contribution is 2.33. The van der Waals surface area contributed by atoms with Gasteiger partial charge in [-0.1, -0.05) is 92.7 Å². The lowest BCUT2D eigenvalue weighted by atomic mass is 9.97. The Morgan fingerprint density at radius 3 is 2.06 bits per heavy atom. The van der Waals surface area contributed by atoms with Crippen LogP contribution in [0.25, 0.3) is 16.9 Å². The Labute approximate surface area is 201 Å².